The predicted octanol–water partition coefficient (Wildman–Crippen LogP) is 1.53. The molecule has 1 fully saturated rings. The van der Waals surface area contributed by atoms with Crippen molar-refractivity contribution >= 4 is 16.3 Å². The Balaban J connectivity index is 1.82. The van der Waals surface area contributed by atoms with Crippen LogP contribution in [0.5, 0.6) is 0 Å². The Morgan fingerprint density at radius 1 is 1.53 bits per heavy atom. The van der Waals surface area contributed by atoms with Gasteiger partial charge in [0.05, 0.1) is 11.5 Å². The second-order valence-corrected chi connectivity index (χ2v) is 5.81. The standard InChI is InChI=1S/C12H18N2O4S/c15-9-12(1-3-18-4-2-12)8-13-6-10-5-11(14(16)17)19-7-10/h5,7,13,15H,1-4,6,8-9H2. The van der Waals surface area contributed by atoms with E-state index in [1.54, 1.807) is 11.4 Å². The van der Waals surface area contributed by atoms with Gasteiger partial charge in [-0.1, -0.05) is 11.3 Å². The summed E-state index contributed by atoms with van der Waals surface area (Å²) >= 11 is 1.14. The molecular weight excluding hydrogens is 268 g/mol. The zero-order valence-electron chi connectivity index (χ0n) is 10.6. The summed E-state index contributed by atoms with van der Waals surface area (Å²) in [5, 5.41) is 25.4. The van der Waals surface area contributed by atoms with Crippen molar-refractivity contribution in [2.24, 2.45) is 5.41 Å². The van der Waals surface area contributed by atoms with Crippen molar-refractivity contribution in [1.29, 1.82) is 0 Å². The van der Waals surface area contributed by atoms with Crippen LogP contribution in [-0.2, 0) is 11.3 Å². The van der Waals surface area contributed by atoms with Gasteiger partial charge in [-0.2, -0.15) is 0 Å². The first-order chi connectivity index (χ1) is 9.15. The highest BCUT2D eigenvalue weighted by molar-refractivity contribution is 7.13. The summed E-state index contributed by atoms with van der Waals surface area (Å²) in [4.78, 5) is 10.2. The molecule has 0 radical (unpaired) electrons. The number of thiophene rings is 1. The van der Waals surface area contributed by atoms with Crippen molar-refractivity contribution in [2.75, 3.05) is 26.4 Å². The van der Waals surface area contributed by atoms with E-state index in [-0.39, 0.29) is 21.9 Å². The smallest absolute Gasteiger partial charge is 0.324 e. The molecule has 0 spiro atoms. The third-order valence-corrected chi connectivity index (χ3v) is 4.47. The highest BCUT2D eigenvalue weighted by Crippen LogP contribution is 2.29. The molecule has 6 nitrogen and oxygen atoms in total. The van der Waals surface area contributed by atoms with Crippen molar-refractivity contribution in [3.8, 4) is 0 Å². The maximum atomic E-state index is 10.6. The predicted molar refractivity (Wildman–Crippen MR) is 72.3 cm³/mol. The molecule has 2 rings (SSSR count). The van der Waals surface area contributed by atoms with E-state index >= 15 is 0 Å². The number of nitrogens with zero attached hydrogens (tertiary/aromatic N) is 1. The van der Waals surface area contributed by atoms with Gasteiger partial charge in [0.1, 0.15) is 0 Å². The third-order valence-electron chi connectivity index (χ3n) is 3.54. The molecule has 0 amide bonds. The Bertz CT molecular complexity index is 429. The average molecular weight is 286 g/mol. The Labute approximate surface area is 115 Å². The molecule has 0 bridgehead atoms. The van der Waals surface area contributed by atoms with E-state index in [0.717, 1.165) is 29.7 Å². The van der Waals surface area contributed by atoms with E-state index in [0.29, 0.717) is 26.3 Å². The van der Waals surface area contributed by atoms with Crippen LogP contribution in [0.2, 0.25) is 0 Å². The first-order valence-electron chi connectivity index (χ1n) is 6.26. The maximum absolute atomic E-state index is 10.6. The fourth-order valence-corrected chi connectivity index (χ4v) is 2.95. The molecule has 0 unspecified atom stereocenters. The van der Waals surface area contributed by atoms with E-state index in [1.165, 1.54) is 0 Å². The fraction of sp³-hybridized carbons (Fsp3) is 0.667. The van der Waals surface area contributed by atoms with Crippen LogP contribution in [0.25, 0.3) is 0 Å². The Kier molecular flexibility index (Phi) is 4.87. The summed E-state index contributed by atoms with van der Waals surface area (Å²) < 4.78 is 5.31. The van der Waals surface area contributed by atoms with Gasteiger partial charge in [-0.05, 0) is 18.4 Å². The van der Waals surface area contributed by atoms with Crippen LogP contribution in [0.3, 0.4) is 0 Å². The molecular formula is C12H18N2O4S. The molecule has 19 heavy (non-hydrogen) atoms. The molecule has 106 valence electrons. The minimum Gasteiger partial charge on any atom is -0.396 e. The van der Waals surface area contributed by atoms with Crippen molar-refractivity contribution < 1.29 is 14.8 Å². The summed E-state index contributed by atoms with van der Waals surface area (Å²) in [6.45, 7) is 2.81. The molecule has 2 heterocycles. The summed E-state index contributed by atoms with van der Waals surface area (Å²) in [5.74, 6) is 0. The van der Waals surface area contributed by atoms with Crippen molar-refractivity contribution in [3.63, 3.8) is 0 Å². The van der Waals surface area contributed by atoms with Crippen LogP contribution in [0, 0.1) is 15.5 Å². The van der Waals surface area contributed by atoms with Gasteiger partial charge >= 0.3 is 5.00 Å². The van der Waals surface area contributed by atoms with Gasteiger partial charge in [0, 0.05) is 43.2 Å². The quantitative estimate of drug-likeness (QED) is 0.612. The van der Waals surface area contributed by atoms with Crippen molar-refractivity contribution in [2.45, 2.75) is 19.4 Å². The van der Waals surface area contributed by atoms with Gasteiger partial charge in [0.25, 0.3) is 0 Å². The fourth-order valence-electron chi connectivity index (χ4n) is 2.22. The van der Waals surface area contributed by atoms with Crippen molar-refractivity contribution in [1.82, 2.24) is 5.32 Å². The van der Waals surface area contributed by atoms with E-state index in [2.05, 4.69) is 5.32 Å². The van der Waals surface area contributed by atoms with E-state index < -0.39 is 0 Å². The van der Waals surface area contributed by atoms with Crippen LogP contribution in [0.1, 0.15) is 18.4 Å². The first kappa shape index (κ1) is 14.4. The summed E-state index contributed by atoms with van der Waals surface area (Å²) in [6.07, 6.45) is 1.70. The highest BCUT2D eigenvalue weighted by atomic mass is 32.1. The lowest BCUT2D eigenvalue weighted by Gasteiger charge is -2.35. The minimum absolute atomic E-state index is 0.111. The van der Waals surface area contributed by atoms with Gasteiger partial charge < -0.3 is 15.2 Å². The van der Waals surface area contributed by atoms with Crippen LogP contribution in [0.4, 0.5) is 5.00 Å². The van der Waals surface area contributed by atoms with Crippen LogP contribution < -0.4 is 5.32 Å². The summed E-state index contributed by atoms with van der Waals surface area (Å²) in [6, 6.07) is 1.59. The number of aliphatic hydroxyl groups is 1. The molecule has 1 aromatic rings. The molecule has 2 N–H and O–H groups in total. The zero-order chi connectivity index (χ0) is 13.7. The van der Waals surface area contributed by atoms with Crippen molar-refractivity contribution in [3.05, 3.63) is 27.1 Å². The number of nitro groups is 1. The lowest BCUT2D eigenvalue weighted by atomic mass is 9.81. The van der Waals surface area contributed by atoms with Crippen LogP contribution in [0.15, 0.2) is 11.4 Å². The monoisotopic (exact) mass is 286 g/mol. The molecule has 1 saturated heterocycles. The average Bonchev–Trinajstić information content (AvgIpc) is 2.89. The Hall–Kier alpha value is -1.02. The van der Waals surface area contributed by atoms with E-state index in [1.807, 2.05) is 0 Å². The molecule has 1 aromatic heterocycles. The highest BCUT2D eigenvalue weighted by Gasteiger charge is 2.31. The number of aliphatic hydroxyl groups excluding tert-OH is 1. The van der Waals surface area contributed by atoms with Gasteiger partial charge in [-0.3, -0.25) is 10.1 Å². The second-order valence-electron chi connectivity index (χ2n) is 4.92. The zero-order valence-corrected chi connectivity index (χ0v) is 11.4. The summed E-state index contributed by atoms with van der Waals surface area (Å²) in [5.41, 5.74) is 0.803. The lowest BCUT2D eigenvalue weighted by molar-refractivity contribution is -0.380. The first-order valence-corrected chi connectivity index (χ1v) is 7.14. The lowest BCUT2D eigenvalue weighted by Crippen LogP contribution is -2.41. The van der Waals surface area contributed by atoms with Crippen LogP contribution >= 0.6 is 11.3 Å². The van der Waals surface area contributed by atoms with E-state index in [4.69, 9.17) is 4.74 Å². The molecule has 1 aliphatic heterocycles. The SMILES string of the molecule is O=[N+]([O-])c1cc(CNCC2(CO)CCOCC2)cs1. The molecule has 0 aromatic carbocycles. The normalized spacial score (nSPS) is 18.4. The number of hydrogen-bond donors (Lipinski definition) is 2. The van der Waals surface area contributed by atoms with Crippen LogP contribution in [-0.4, -0.2) is 36.4 Å². The Morgan fingerprint density at radius 2 is 2.26 bits per heavy atom. The number of rotatable bonds is 6. The number of hydrogen-bond acceptors (Lipinski definition) is 6. The van der Waals surface area contributed by atoms with Gasteiger partial charge in [-0.15, -0.1) is 0 Å². The minimum atomic E-state index is -0.373. The molecule has 0 atom stereocenters. The van der Waals surface area contributed by atoms with Gasteiger partial charge in [0.15, 0.2) is 0 Å². The topological polar surface area (TPSA) is 84.6 Å². The second kappa shape index (κ2) is 6.42. The molecule has 0 aliphatic carbocycles. The molecule has 7 heteroatoms. The third kappa shape index (κ3) is 3.73. The number of ether oxygens (including phenoxy) is 1. The van der Waals surface area contributed by atoms with E-state index in [9.17, 15) is 15.2 Å². The van der Waals surface area contributed by atoms with Gasteiger partial charge in [-0.25, -0.2) is 0 Å². The largest absolute Gasteiger partial charge is 0.396 e. The summed E-state index contributed by atoms with van der Waals surface area (Å²) in [7, 11) is 0. The Morgan fingerprint density at radius 3 is 2.84 bits per heavy atom. The maximum Gasteiger partial charge on any atom is 0.324 e. The molecule has 1 aliphatic rings. The number of nitrogens with one attached hydrogen (secondary N) is 1. The molecule has 0 saturated carbocycles. The van der Waals surface area contributed by atoms with Gasteiger partial charge in [0.2, 0.25) is 0 Å².